The molecule has 78 valence electrons. The zero-order chi connectivity index (χ0) is 11.3. The van der Waals surface area contributed by atoms with Crippen LogP contribution in [0.2, 0.25) is 0 Å². The van der Waals surface area contributed by atoms with Gasteiger partial charge in [0.25, 0.3) is 0 Å². The molecule has 0 spiro atoms. The van der Waals surface area contributed by atoms with Crippen molar-refractivity contribution in [3.63, 3.8) is 0 Å². The van der Waals surface area contributed by atoms with E-state index >= 15 is 0 Å². The van der Waals surface area contributed by atoms with Crippen LogP contribution >= 0.6 is 0 Å². The minimum Gasteiger partial charge on any atom is -0.445 e. The zero-order valence-electron chi connectivity index (χ0n) is 7.83. The molecule has 1 rings (SSSR count). The molecule has 1 aromatic heterocycles. The predicted molar refractivity (Wildman–Crippen MR) is 54.9 cm³/mol. The minimum atomic E-state index is -4.91. The van der Waals surface area contributed by atoms with Crippen molar-refractivity contribution < 1.29 is 12.9 Å². The summed E-state index contributed by atoms with van der Waals surface area (Å²) < 4.78 is 35.7. The topological polar surface area (TPSA) is 12.9 Å². The van der Waals surface area contributed by atoms with Gasteiger partial charge in [0, 0.05) is 0 Å². The van der Waals surface area contributed by atoms with E-state index in [1.165, 1.54) is 6.07 Å². The molecular weight excluding hydrogens is 202 g/mol. The first kappa shape index (κ1) is 11.4. The summed E-state index contributed by atoms with van der Waals surface area (Å²) in [7, 11) is 0. The minimum absolute atomic E-state index is 0.210. The molecule has 0 unspecified atom stereocenters. The van der Waals surface area contributed by atoms with E-state index < -0.39 is 6.98 Å². The second kappa shape index (κ2) is 4.69. The number of aromatic nitrogens is 1. The molecule has 0 atom stereocenters. The monoisotopic (exact) mass is 210 g/mol. The molecule has 0 N–H and O–H groups in total. The summed E-state index contributed by atoms with van der Waals surface area (Å²) in [5.41, 5.74) is 0.858. The molecule has 0 aliphatic rings. The summed E-state index contributed by atoms with van der Waals surface area (Å²) in [5.74, 6) is 2.59. The van der Waals surface area contributed by atoms with Gasteiger partial charge in [-0.2, -0.15) is 0 Å². The normalized spacial score (nSPS) is 11.6. The van der Waals surface area contributed by atoms with Crippen molar-refractivity contribution in [2.45, 2.75) is 6.42 Å². The number of pyridine rings is 1. The Balaban J connectivity index is 2.83. The third-order valence-corrected chi connectivity index (χ3v) is 1.60. The van der Waals surface area contributed by atoms with Gasteiger partial charge in [-0.05, 0) is 12.1 Å². The molecule has 5 heteroatoms. The Hall–Kier alpha value is -1.70. The van der Waals surface area contributed by atoms with Gasteiger partial charge in [0.15, 0.2) is 0 Å². The smallest absolute Gasteiger partial charge is 0.445 e. The average molecular weight is 210 g/mol. The SMILES string of the molecule is C#CCc1cccc(/C=C/[B-](F)(F)F)n1. The van der Waals surface area contributed by atoms with Crippen LogP contribution in [0.25, 0.3) is 6.08 Å². The summed E-state index contributed by atoms with van der Waals surface area (Å²) in [6.07, 6.45) is 6.33. The van der Waals surface area contributed by atoms with Crippen LogP contribution in [0, 0.1) is 12.3 Å². The van der Waals surface area contributed by atoms with Crippen molar-refractivity contribution in [2.75, 3.05) is 0 Å². The van der Waals surface area contributed by atoms with Gasteiger partial charge in [0.2, 0.25) is 0 Å². The zero-order valence-corrected chi connectivity index (χ0v) is 7.83. The molecule has 15 heavy (non-hydrogen) atoms. The predicted octanol–water partition coefficient (Wildman–Crippen LogP) is 2.66. The Kier molecular flexibility index (Phi) is 3.56. The van der Waals surface area contributed by atoms with Crippen molar-refractivity contribution in [2.24, 2.45) is 0 Å². The molecule has 1 heterocycles. The van der Waals surface area contributed by atoms with Crippen molar-refractivity contribution in [1.82, 2.24) is 4.98 Å². The fourth-order valence-electron chi connectivity index (χ4n) is 1.00. The van der Waals surface area contributed by atoms with Gasteiger partial charge in [0.05, 0.1) is 17.8 Å². The van der Waals surface area contributed by atoms with Crippen molar-refractivity contribution in [3.8, 4) is 12.3 Å². The first-order valence-electron chi connectivity index (χ1n) is 4.30. The summed E-state index contributed by atoms with van der Waals surface area (Å²) in [5, 5.41) is 0. The second-order valence-corrected chi connectivity index (χ2v) is 2.92. The van der Waals surface area contributed by atoms with E-state index in [4.69, 9.17) is 6.42 Å². The van der Waals surface area contributed by atoms with Crippen LogP contribution in [-0.4, -0.2) is 12.0 Å². The Morgan fingerprint density at radius 1 is 1.40 bits per heavy atom. The molecule has 0 saturated carbocycles. The molecule has 1 aromatic rings. The largest absolute Gasteiger partial charge is 0.502 e. The molecule has 0 aliphatic heterocycles. The summed E-state index contributed by atoms with van der Waals surface area (Å²) >= 11 is 0. The Labute approximate surface area is 86.1 Å². The fraction of sp³-hybridized carbons (Fsp3) is 0.100. The fourth-order valence-corrected chi connectivity index (χ4v) is 1.00. The Morgan fingerprint density at radius 2 is 2.13 bits per heavy atom. The summed E-state index contributed by atoms with van der Waals surface area (Å²) in [6, 6.07) is 4.80. The number of rotatable bonds is 3. The van der Waals surface area contributed by atoms with Crippen LogP contribution in [0.5, 0.6) is 0 Å². The first-order valence-corrected chi connectivity index (χ1v) is 4.30. The standard InChI is InChI=1S/C10H8BF3N/c1-2-4-9-5-3-6-10(15-9)7-8-11(12,13)14/h1,3,5-8H,4H2/q-1/b8-7+. The highest BCUT2D eigenvalue weighted by molar-refractivity contribution is 6.64. The van der Waals surface area contributed by atoms with E-state index in [0.29, 0.717) is 12.1 Å². The lowest BCUT2D eigenvalue weighted by Crippen LogP contribution is -2.09. The van der Waals surface area contributed by atoms with E-state index in [-0.39, 0.29) is 11.7 Å². The van der Waals surface area contributed by atoms with E-state index in [1.807, 2.05) is 0 Å². The van der Waals surface area contributed by atoms with E-state index in [1.54, 1.807) is 12.1 Å². The Bertz CT molecular complexity index is 404. The summed E-state index contributed by atoms with van der Waals surface area (Å²) in [4.78, 5) is 3.95. The maximum absolute atomic E-state index is 11.9. The van der Waals surface area contributed by atoms with Crippen LogP contribution in [-0.2, 0) is 6.42 Å². The van der Waals surface area contributed by atoms with Gasteiger partial charge < -0.3 is 12.9 Å². The van der Waals surface area contributed by atoms with Crippen LogP contribution in [0.4, 0.5) is 12.9 Å². The number of halogens is 3. The van der Waals surface area contributed by atoms with Gasteiger partial charge in [-0.25, -0.2) is 0 Å². The van der Waals surface area contributed by atoms with Crippen LogP contribution < -0.4 is 0 Å². The maximum Gasteiger partial charge on any atom is 0.502 e. The van der Waals surface area contributed by atoms with Crippen molar-refractivity contribution >= 4 is 13.1 Å². The average Bonchev–Trinajstić information content (AvgIpc) is 2.15. The molecule has 1 nitrogen and oxygen atoms in total. The van der Waals surface area contributed by atoms with Crippen LogP contribution in [0.1, 0.15) is 11.4 Å². The number of hydrogen-bond acceptors (Lipinski definition) is 1. The van der Waals surface area contributed by atoms with Gasteiger partial charge in [-0.15, -0.1) is 18.3 Å². The van der Waals surface area contributed by atoms with Crippen molar-refractivity contribution in [3.05, 3.63) is 35.6 Å². The molecule has 0 saturated heterocycles. The second-order valence-electron chi connectivity index (χ2n) is 2.92. The highest BCUT2D eigenvalue weighted by Gasteiger charge is 2.17. The van der Waals surface area contributed by atoms with Gasteiger partial charge >= 0.3 is 6.98 Å². The third-order valence-electron chi connectivity index (χ3n) is 1.60. The molecular formula is C10H8BF3N-. The molecule has 0 bridgehead atoms. The number of terminal acetylenes is 1. The quantitative estimate of drug-likeness (QED) is 0.551. The summed E-state index contributed by atoms with van der Waals surface area (Å²) in [6.45, 7) is -4.91. The molecule has 0 fully saturated rings. The van der Waals surface area contributed by atoms with E-state index in [9.17, 15) is 12.9 Å². The highest BCUT2D eigenvalue weighted by atomic mass is 19.4. The number of nitrogens with zero attached hydrogens (tertiary/aromatic N) is 1. The lowest BCUT2D eigenvalue weighted by Gasteiger charge is -2.06. The van der Waals surface area contributed by atoms with Crippen LogP contribution in [0.3, 0.4) is 0 Å². The van der Waals surface area contributed by atoms with Crippen LogP contribution in [0.15, 0.2) is 24.2 Å². The van der Waals surface area contributed by atoms with Gasteiger partial charge in [0.1, 0.15) is 0 Å². The number of hydrogen-bond donors (Lipinski definition) is 0. The third kappa shape index (κ3) is 4.36. The first-order chi connectivity index (χ1) is 7.01. The molecule has 0 aliphatic carbocycles. The molecule has 0 aromatic carbocycles. The Morgan fingerprint density at radius 3 is 2.73 bits per heavy atom. The maximum atomic E-state index is 11.9. The lowest BCUT2D eigenvalue weighted by molar-refractivity contribution is 0.499. The molecule has 0 radical (unpaired) electrons. The molecule has 0 amide bonds. The van der Waals surface area contributed by atoms with Gasteiger partial charge in [-0.1, -0.05) is 12.1 Å². The lowest BCUT2D eigenvalue weighted by atomic mass is 9.91. The van der Waals surface area contributed by atoms with E-state index in [2.05, 4.69) is 10.9 Å². The highest BCUT2D eigenvalue weighted by Crippen LogP contribution is 2.12. The van der Waals surface area contributed by atoms with Gasteiger partial charge in [-0.3, -0.25) is 4.98 Å². The van der Waals surface area contributed by atoms with E-state index in [0.717, 1.165) is 6.08 Å². The van der Waals surface area contributed by atoms with Crippen molar-refractivity contribution in [1.29, 1.82) is 0 Å².